The molecule has 0 unspecified atom stereocenters. The number of hydrogen-bond acceptors (Lipinski definition) is 4. The Kier molecular flexibility index (Phi) is 7.27. The monoisotopic (exact) mass is 287 g/mol. The molecule has 2 N–H and O–H groups in total. The van der Waals surface area contributed by atoms with Gasteiger partial charge in [-0.2, -0.15) is 0 Å². The zero-order valence-electron chi connectivity index (χ0n) is 11.9. The highest BCUT2D eigenvalue weighted by atomic mass is 32.1. The van der Waals surface area contributed by atoms with Gasteiger partial charge >= 0.3 is 0 Å². The lowest BCUT2D eigenvalue weighted by Crippen LogP contribution is -2.39. The Labute approximate surface area is 121 Å². The quantitative estimate of drug-likeness (QED) is 0.696. The van der Waals surface area contributed by atoms with Crippen molar-refractivity contribution >= 4 is 23.1 Å². The van der Waals surface area contributed by atoms with E-state index >= 15 is 0 Å². The van der Waals surface area contributed by atoms with Crippen LogP contribution in [0.25, 0.3) is 0 Å². The first-order chi connectivity index (χ1) is 9.02. The Morgan fingerprint density at radius 2 is 2.05 bits per heavy atom. The Balaban J connectivity index is 2.17. The Hall–Kier alpha value is -0.720. The Morgan fingerprint density at radius 3 is 2.58 bits per heavy atom. The zero-order chi connectivity index (χ0) is 14.3. The molecule has 0 radical (unpaired) electrons. The fourth-order valence-corrected chi connectivity index (χ4v) is 2.31. The van der Waals surface area contributed by atoms with E-state index in [9.17, 15) is 4.79 Å². The minimum absolute atomic E-state index is 0.158. The van der Waals surface area contributed by atoms with Crippen molar-refractivity contribution < 1.29 is 9.53 Å². The highest BCUT2D eigenvalue weighted by molar-refractivity contribution is 7.80. The SMILES string of the molecule is COC1CCN(CCC(=O)N(C)CCC(N)=S)CC1. The summed E-state index contributed by atoms with van der Waals surface area (Å²) in [5, 5.41) is 0. The van der Waals surface area contributed by atoms with E-state index in [1.54, 1.807) is 19.1 Å². The normalized spacial score (nSPS) is 17.4. The van der Waals surface area contributed by atoms with Crippen LogP contribution in [-0.2, 0) is 9.53 Å². The summed E-state index contributed by atoms with van der Waals surface area (Å²) in [6.07, 6.45) is 3.66. The number of hydrogen-bond donors (Lipinski definition) is 1. The van der Waals surface area contributed by atoms with Gasteiger partial charge in [0.1, 0.15) is 0 Å². The van der Waals surface area contributed by atoms with E-state index in [4.69, 9.17) is 22.7 Å². The number of methoxy groups -OCH3 is 1. The minimum Gasteiger partial charge on any atom is -0.393 e. The maximum absolute atomic E-state index is 11.9. The molecule has 0 aliphatic carbocycles. The molecule has 6 heteroatoms. The van der Waals surface area contributed by atoms with Gasteiger partial charge in [0.2, 0.25) is 5.91 Å². The molecule has 1 heterocycles. The summed E-state index contributed by atoms with van der Waals surface area (Å²) in [5.41, 5.74) is 5.43. The lowest BCUT2D eigenvalue weighted by atomic mass is 10.1. The number of carbonyl (C=O) groups is 1. The van der Waals surface area contributed by atoms with Crippen LogP contribution in [0, 0.1) is 0 Å². The molecular formula is C13H25N3O2S. The van der Waals surface area contributed by atoms with Gasteiger partial charge < -0.3 is 20.3 Å². The highest BCUT2D eigenvalue weighted by Crippen LogP contribution is 2.13. The Morgan fingerprint density at radius 1 is 1.42 bits per heavy atom. The third-order valence-electron chi connectivity index (χ3n) is 3.63. The molecule has 0 aromatic heterocycles. The lowest BCUT2D eigenvalue weighted by molar-refractivity contribution is -0.130. The van der Waals surface area contributed by atoms with Crippen molar-refractivity contribution in [3.8, 4) is 0 Å². The number of nitrogens with two attached hydrogens (primary N) is 1. The number of nitrogens with zero attached hydrogens (tertiary/aromatic N) is 2. The maximum atomic E-state index is 11.9. The topological polar surface area (TPSA) is 58.8 Å². The molecule has 5 nitrogen and oxygen atoms in total. The number of carbonyl (C=O) groups excluding carboxylic acids is 1. The lowest BCUT2D eigenvalue weighted by Gasteiger charge is -2.31. The molecule has 1 aliphatic heterocycles. The molecule has 1 rings (SSSR count). The van der Waals surface area contributed by atoms with E-state index in [1.165, 1.54) is 0 Å². The first kappa shape index (κ1) is 16.3. The van der Waals surface area contributed by atoms with Gasteiger partial charge in [0.05, 0.1) is 11.1 Å². The van der Waals surface area contributed by atoms with E-state index < -0.39 is 0 Å². The second-order valence-corrected chi connectivity index (χ2v) is 5.58. The van der Waals surface area contributed by atoms with Crippen LogP contribution >= 0.6 is 12.2 Å². The summed E-state index contributed by atoms with van der Waals surface area (Å²) in [6, 6.07) is 0. The minimum atomic E-state index is 0.158. The second-order valence-electron chi connectivity index (χ2n) is 5.06. The molecule has 0 spiro atoms. The third-order valence-corrected chi connectivity index (χ3v) is 3.83. The predicted molar refractivity (Wildman–Crippen MR) is 80.1 cm³/mol. The number of amides is 1. The summed E-state index contributed by atoms with van der Waals surface area (Å²) in [5.74, 6) is 0.158. The molecule has 1 aliphatic rings. The van der Waals surface area contributed by atoms with Crippen LogP contribution in [0.3, 0.4) is 0 Å². The molecular weight excluding hydrogens is 262 g/mol. The van der Waals surface area contributed by atoms with E-state index in [1.807, 2.05) is 0 Å². The van der Waals surface area contributed by atoms with E-state index in [-0.39, 0.29) is 5.91 Å². The molecule has 110 valence electrons. The van der Waals surface area contributed by atoms with Crippen molar-refractivity contribution in [2.24, 2.45) is 5.73 Å². The molecule has 1 fully saturated rings. The zero-order valence-corrected chi connectivity index (χ0v) is 12.7. The number of rotatable bonds is 7. The number of likely N-dealkylation sites (tertiary alicyclic amines) is 1. The van der Waals surface area contributed by atoms with Gasteiger partial charge in [-0.15, -0.1) is 0 Å². The maximum Gasteiger partial charge on any atom is 0.223 e. The standard InChI is InChI=1S/C13H25N3O2S/c1-15(7-5-12(14)19)13(17)6-10-16-8-3-11(18-2)4-9-16/h11H,3-10H2,1-2H3,(H2,14,19). The van der Waals surface area contributed by atoms with Crippen LogP contribution in [0.4, 0.5) is 0 Å². The van der Waals surface area contributed by atoms with E-state index in [0.717, 1.165) is 32.5 Å². The number of ether oxygens (including phenoxy) is 1. The van der Waals surface area contributed by atoms with Crippen molar-refractivity contribution in [2.45, 2.75) is 31.8 Å². The summed E-state index contributed by atoms with van der Waals surface area (Å²) in [4.78, 5) is 16.4. The van der Waals surface area contributed by atoms with Crippen LogP contribution in [0.5, 0.6) is 0 Å². The predicted octanol–water partition coefficient (Wildman–Crippen LogP) is 0.622. The van der Waals surface area contributed by atoms with Crippen molar-refractivity contribution in [3.63, 3.8) is 0 Å². The van der Waals surface area contributed by atoms with Crippen molar-refractivity contribution in [1.82, 2.24) is 9.80 Å². The highest BCUT2D eigenvalue weighted by Gasteiger charge is 2.19. The third kappa shape index (κ3) is 6.31. The van der Waals surface area contributed by atoms with Crippen LogP contribution in [-0.4, -0.2) is 67.1 Å². The first-order valence-electron chi connectivity index (χ1n) is 6.80. The van der Waals surface area contributed by atoms with Gasteiger partial charge in [-0.3, -0.25) is 4.79 Å². The van der Waals surface area contributed by atoms with Crippen LogP contribution in [0.15, 0.2) is 0 Å². The average Bonchev–Trinajstić information content (AvgIpc) is 2.42. The van der Waals surface area contributed by atoms with Gasteiger partial charge in [-0.05, 0) is 12.8 Å². The van der Waals surface area contributed by atoms with E-state index in [0.29, 0.717) is 30.5 Å². The molecule has 0 bridgehead atoms. The second kappa shape index (κ2) is 8.45. The van der Waals surface area contributed by atoms with Gasteiger partial charge in [-0.25, -0.2) is 0 Å². The number of piperidine rings is 1. The van der Waals surface area contributed by atoms with Gasteiger partial charge in [-0.1, -0.05) is 12.2 Å². The Bertz CT molecular complexity index is 304. The summed E-state index contributed by atoms with van der Waals surface area (Å²) in [6.45, 7) is 3.47. The summed E-state index contributed by atoms with van der Waals surface area (Å²) in [7, 11) is 3.57. The first-order valence-corrected chi connectivity index (χ1v) is 7.21. The molecule has 1 saturated heterocycles. The van der Waals surface area contributed by atoms with Crippen LogP contribution < -0.4 is 5.73 Å². The van der Waals surface area contributed by atoms with Crippen molar-refractivity contribution in [3.05, 3.63) is 0 Å². The fourth-order valence-electron chi connectivity index (χ4n) is 2.22. The molecule has 0 saturated carbocycles. The van der Waals surface area contributed by atoms with E-state index in [2.05, 4.69) is 4.90 Å². The van der Waals surface area contributed by atoms with Gasteiger partial charge in [0, 0.05) is 53.2 Å². The average molecular weight is 287 g/mol. The van der Waals surface area contributed by atoms with Crippen molar-refractivity contribution in [2.75, 3.05) is 40.3 Å². The summed E-state index contributed by atoms with van der Waals surface area (Å²) >= 11 is 4.81. The smallest absolute Gasteiger partial charge is 0.223 e. The van der Waals surface area contributed by atoms with Gasteiger partial charge in [0.25, 0.3) is 0 Å². The molecule has 0 aromatic carbocycles. The number of thiocarbonyl (C=S) groups is 1. The fraction of sp³-hybridized carbons (Fsp3) is 0.846. The van der Waals surface area contributed by atoms with Crippen LogP contribution in [0.2, 0.25) is 0 Å². The molecule has 0 aromatic rings. The molecule has 19 heavy (non-hydrogen) atoms. The van der Waals surface area contributed by atoms with Crippen molar-refractivity contribution in [1.29, 1.82) is 0 Å². The molecule has 0 atom stereocenters. The summed E-state index contributed by atoms with van der Waals surface area (Å²) < 4.78 is 5.33. The largest absolute Gasteiger partial charge is 0.393 e. The van der Waals surface area contributed by atoms with Crippen LogP contribution in [0.1, 0.15) is 25.7 Å². The molecule has 1 amide bonds. The van der Waals surface area contributed by atoms with Gasteiger partial charge in [0.15, 0.2) is 0 Å².